The molecule has 8 N–H and O–H groups in total. The molecule has 0 aliphatic rings. The van der Waals surface area contributed by atoms with Gasteiger partial charge in [0.25, 0.3) is 0 Å². The van der Waals surface area contributed by atoms with Crippen LogP contribution in [0.15, 0.2) is 26.9 Å². The number of nitrogen functional groups attached to an aromatic ring is 1. The van der Waals surface area contributed by atoms with Crippen molar-refractivity contribution in [2.75, 3.05) is 11.1 Å². The molecule has 0 spiro atoms. The first-order chi connectivity index (χ1) is 10.6. The largest absolute Gasteiger partial charge is 0.458 e. The van der Waals surface area contributed by atoms with Crippen LogP contribution in [0.1, 0.15) is 5.76 Å². The predicted octanol–water partition coefficient (Wildman–Crippen LogP) is 0.620. The molecule has 0 aliphatic heterocycles. The molecule has 0 aliphatic carbocycles. The van der Waals surface area contributed by atoms with Crippen LogP contribution in [0.5, 0.6) is 0 Å². The first-order valence-electron chi connectivity index (χ1n) is 6.16. The van der Waals surface area contributed by atoms with Crippen molar-refractivity contribution in [3.05, 3.63) is 23.3 Å². The molecule has 0 aromatic carbocycles. The monoisotopic (exact) mass is 319 g/mol. The summed E-state index contributed by atoms with van der Waals surface area (Å²) in [7, 11) is 0. The standard InChI is InChI=1S/C11H13N9OS/c12-8(13)17-11-16-6(4-22-11)7-2-1-5(21-7)3-15-10-18-9(14)19-20-10/h1-2,4H,3H2,(H4,12,13,16,17)(H4,14,15,18,19,20). The minimum absolute atomic E-state index is 0.0315. The lowest BCUT2D eigenvalue weighted by atomic mass is 10.3. The van der Waals surface area contributed by atoms with Crippen molar-refractivity contribution in [2.24, 2.45) is 16.5 Å². The van der Waals surface area contributed by atoms with Crippen LogP contribution in [0.2, 0.25) is 0 Å². The fourth-order valence-electron chi connectivity index (χ4n) is 1.67. The van der Waals surface area contributed by atoms with Gasteiger partial charge in [0.05, 0.1) is 6.54 Å². The van der Waals surface area contributed by atoms with Gasteiger partial charge in [-0.05, 0) is 12.1 Å². The van der Waals surface area contributed by atoms with E-state index in [1.54, 1.807) is 0 Å². The van der Waals surface area contributed by atoms with Gasteiger partial charge >= 0.3 is 0 Å². The van der Waals surface area contributed by atoms with E-state index in [0.29, 0.717) is 34.8 Å². The van der Waals surface area contributed by atoms with Crippen molar-refractivity contribution in [3.8, 4) is 11.5 Å². The number of nitrogens with zero attached hydrogens (tertiary/aromatic N) is 4. The van der Waals surface area contributed by atoms with Gasteiger partial charge < -0.3 is 26.9 Å². The number of aromatic amines is 1. The third-order valence-electron chi connectivity index (χ3n) is 2.55. The zero-order valence-electron chi connectivity index (χ0n) is 11.3. The van der Waals surface area contributed by atoms with Crippen LogP contribution in [-0.4, -0.2) is 26.1 Å². The summed E-state index contributed by atoms with van der Waals surface area (Å²) in [5, 5.41) is 11.7. The Morgan fingerprint density at radius 1 is 1.36 bits per heavy atom. The molecule has 10 nitrogen and oxygen atoms in total. The van der Waals surface area contributed by atoms with Crippen LogP contribution in [-0.2, 0) is 6.54 Å². The molecule has 3 aromatic heterocycles. The number of nitrogens with one attached hydrogen (secondary N) is 2. The highest BCUT2D eigenvalue weighted by Gasteiger charge is 2.09. The molecular weight excluding hydrogens is 306 g/mol. The predicted molar refractivity (Wildman–Crippen MR) is 83.4 cm³/mol. The number of aliphatic imine (C=N–C) groups is 1. The molecule has 0 unspecified atom stereocenters. The molecule has 0 atom stereocenters. The molecule has 0 radical (unpaired) electrons. The number of guanidine groups is 1. The van der Waals surface area contributed by atoms with Crippen LogP contribution in [0.3, 0.4) is 0 Å². The Hall–Kier alpha value is -3.08. The summed E-state index contributed by atoms with van der Waals surface area (Å²) in [5.41, 5.74) is 16.7. The summed E-state index contributed by atoms with van der Waals surface area (Å²) in [5.74, 6) is 1.95. The number of hydrogen-bond acceptors (Lipinski definition) is 8. The third-order valence-corrected chi connectivity index (χ3v) is 3.29. The van der Waals surface area contributed by atoms with Crippen molar-refractivity contribution in [2.45, 2.75) is 6.54 Å². The Kier molecular flexibility index (Phi) is 3.62. The van der Waals surface area contributed by atoms with Crippen molar-refractivity contribution >= 4 is 34.3 Å². The molecule has 3 rings (SSSR count). The lowest BCUT2D eigenvalue weighted by Gasteiger charge is -1.97. The highest BCUT2D eigenvalue weighted by molar-refractivity contribution is 7.13. The minimum atomic E-state index is -0.0315. The second-order valence-electron chi connectivity index (χ2n) is 4.22. The molecule has 0 saturated carbocycles. The van der Waals surface area contributed by atoms with E-state index in [0.717, 1.165) is 0 Å². The highest BCUT2D eigenvalue weighted by Crippen LogP contribution is 2.28. The van der Waals surface area contributed by atoms with Crippen LogP contribution < -0.4 is 22.5 Å². The number of furan rings is 1. The van der Waals surface area contributed by atoms with Gasteiger partial charge in [0.1, 0.15) is 11.5 Å². The van der Waals surface area contributed by atoms with Crippen LogP contribution in [0.25, 0.3) is 11.5 Å². The first kappa shape index (κ1) is 13.9. The Labute approximate surface area is 128 Å². The smallest absolute Gasteiger partial charge is 0.244 e. The van der Waals surface area contributed by atoms with Gasteiger partial charge in [0.2, 0.25) is 17.0 Å². The molecule has 0 fully saturated rings. The maximum absolute atomic E-state index is 5.69. The second-order valence-corrected chi connectivity index (χ2v) is 5.05. The molecule has 0 amide bonds. The fourth-order valence-corrected chi connectivity index (χ4v) is 2.36. The number of thiazole rings is 1. The van der Waals surface area contributed by atoms with Gasteiger partial charge in [-0.25, -0.2) is 10.1 Å². The lowest BCUT2D eigenvalue weighted by Crippen LogP contribution is -2.21. The summed E-state index contributed by atoms with van der Waals surface area (Å²) in [4.78, 5) is 12.1. The molecule has 114 valence electrons. The topological polar surface area (TPSA) is 170 Å². The molecule has 11 heteroatoms. The SMILES string of the molecule is NC(N)=Nc1nc(-c2ccc(CNc3n[nH]c(N)n3)o2)cs1. The van der Waals surface area contributed by atoms with E-state index >= 15 is 0 Å². The molecule has 0 saturated heterocycles. The van der Waals surface area contributed by atoms with Crippen molar-refractivity contribution in [1.29, 1.82) is 0 Å². The lowest BCUT2D eigenvalue weighted by molar-refractivity contribution is 0.529. The number of hydrogen-bond donors (Lipinski definition) is 5. The van der Waals surface area contributed by atoms with Gasteiger partial charge in [0, 0.05) is 5.38 Å². The molecule has 0 bridgehead atoms. The van der Waals surface area contributed by atoms with Gasteiger partial charge in [0.15, 0.2) is 11.7 Å². The van der Waals surface area contributed by atoms with Crippen molar-refractivity contribution in [1.82, 2.24) is 20.2 Å². The quantitative estimate of drug-likeness (QED) is 0.336. The minimum Gasteiger partial charge on any atom is -0.458 e. The molecule has 3 heterocycles. The van der Waals surface area contributed by atoms with E-state index in [1.807, 2.05) is 17.5 Å². The van der Waals surface area contributed by atoms with E-state index < -0.39 is 0 Å². The second kappa shape index (κ2) is 5.73. The molecular formula is C11H13N9OS. The summed E-state index contributed by atoms with van der Waals surface area (Å²) < 4.78 is 5.69. The maximum atomic E-state index is 5.69. The number of nitrogens with two attached hydrogens (primary N) is 3. The number of rotatable bonds is 5. The van der Waals surface area contributed by atoms with Gasteiger partial charge in [-0.3, -0.25) is 0 Å². The summed E-state index contributed by atoms with van der Waals surface area (Å²) in [6, 6.07) is 3.65. The van der Waals surface area contributed by atoms with E-state index in [2.05, 4.69) is 30.5 Å². The highest BCUT2D eigenvalue weighted by atomic mass is 32.1. The van der Waals surface area contributed by atoms with Gasteiger partial charge in [-0.2, -0.15) is 9.98 Å². The van der Waals surface area contributed by atoms with Gasteiger partial charge in [-0.15, -0.1) is 16.4 Å². The molecule has 22 heavy (non-hydrogen) atoms. The average Bonchev–Trinajstić information content (AvgIpc) is 3.16. The summed E-state index contributed by atoms with van der Waals surface area (Å²) in [6.45, 7) is 0.419. The average molecular weight is 319 g/mol. The Morgan fingerprint density at radius 2 is 2.23 bits per heavy atom. The van der Waals surface area contributed by atoms with E-state index in [4.69, 9.17) is 21.6 Å². The fraction of sp³-hybridized carbons (Fsp3) is 0.0909. The zero-order chi connectivity index (χ0) is 15.5. The van der Waals surface area contributed by atoms with Gasteiger partial charge in [-0.1, -0.05) is 0 Å². The summed E-state index contributed by atoms with van der Waals surface area (Å²) >= 11 is 1.32. The van der Waals surface area contributed by atoms with Crippen LogP contribution in [0.4, 0.5) is 17.0 Å². The molecule has 3 aromatic rings. The normalized spacial score (nSPS) is 10.5. The van der Waals surface area contributed by atoms with Crippen LogP contribution >= 0.6 is 11.3 Å². The maximum Gasteiger partial charge on any atom is 0.244 e. The van der Waals surface area contributed by atoms with Crippen molar-refractivity contribution < 1.29 is 4.42 Å². The first-order valence-corrected chi connectivity index (χ1v) is 7.04. The van der Waals surface area contributed by atoms with Crippen LogP contribution in [0, 0.1) is 0 Å². The number of H-pyrrole nitrogens is 1. The van der Waals surface area contributed by atoms with E-state index in [9.17, 15) is 0 Å². The van der Waals surface area contributed by atoms with Crippen molar-refractivity contribution in [3.63, 3.8) is 0 Å². The number of aromatic nitrogens is 4. The number of anilines is 2. The van der Waals surface area contributed by atoms with E-state index in [-0.39, 0.29) is 11.9 Å². The third kappa shape index (κ3) is 3.15. The van der Waals surface area contributed by atoms with E-state index in [1.165, 1.54) is 11.3 Å². The summed E-state index contributed by atoms with van der Waals surface area (Å²) in [6.07, 6.45) is 0. The Balaban J connectivity index is 1.68. The Morgan fingerprint density at radius 3 is 2.95 bits per heavy atom. The Bertz CT molecular complexity index is 798. The zero-order valence-corrected chi connectivity index (χ0v) is 12.1.